The smallest absolute Gasteiger partial charge is 0.334 e. The van der Waals surface area contributed by atoms with E-state index in [2.05, 4.69) is 0 Å². The Bertz CT molecular complexity index is 1170. The molecule has 1 amide bonds. The van der Waals surface area contributed by atoms with Gasteiger partial charge in [0, 0.05) is 6.92 Å². The van der Waals surface area contributed by atoms with E-state index in [1.807, 2.05) is 60.7 Å². The third-order valence-electron chi connectivity index (χ3n) is 5.58. The molecule has 3 atom stereocenters. The molecule has 0 aliphatic carbocycles. The van der Waals surface area contributed by atoms with Gasteiger partial charge in [-0.15, -0.1) is 0 Å². The lowest BCUT2D eigenvalue weighted by Crippen LogP contribution is -2.71. The van der Waals surface area contributed by atoms with Crippen LogP contribution in [0.5, 0.6) is 5.75 Å². The Kier molecular flexibility index (Phi) is 7.42. The third kappa shape index (κ3) is 5.67. The first-order valence-corrected chi connectivity index (χ1v) is 11.2. The zero-order valence-corrected chi connectivity index (χ0v) is 19.2. The molecule has 0 bridgehead atoms. The number of carbonyl (C=O) groups excluding carboxylic acids is 3. The van der Waals surface area contributed by atoms with Crippen LogP contribution in [-0.2, 0) is 37.1 Å². The maximum Gasteiger partial charge on any atom is 0.334 e. The number of ether oxygens (including phenoxy) is 3. The molecule has 0 aromatic heterocycles. The van der Waals surface area contributed by atoms with Crippen molar-refractivity contribution in [1.82, 2.24) is 4.90 Å². The first-order valence-electron chi connectivity index (χ1n) is 11.2. The van der Waals surface area contributed by atoms with E-state index in [0.717, 1.165) is 16.0 Å². The van der Waals surface area contributed by atoms with Crippen LogP contribution < -0.4 is 10.5 Å². The van der Waals surface area contributed by atoms with E-state index in [9.17, 15) is 14.4 Å². The summed E-state index contributed by atoms with van der Waals surface area (Å²) in [5, 5.41) is 0. The van der Waals surface area contributed by atoms with Gasteiger partial charge in [-0.05, 0) is 28.8 Å². The number of benzene rings is 3. The molecule has 1 aliphatic rings. The first-order chi connectivity index (χ1) is 16.9. The zero-order valence-electron chi connectivity index (χ0n) is 19.2. The van der Waals surface area contributed by atoms with Crippen LogP contribution in [0.1, 0.15) is 29.7 Å². The standard InChI is InChI=1S/C27H26N2O6/c1-18(30)35-26-23(28)25(31)29(26)24(27(32)34-17-20-10-6-3-7-11-20)21-12-14-22(15-13-21)33-16-19-8-4-2-5-9-19/h2-15,23-24,26H,16-17,28H2,1H3. The van der Waals surface area contributed by atoms with Gasteiger partial charge in [0.15, 0.2) is 6.04 Å². The van der Waals surface area contributed by atoms with Gasteiger partial charge in [0.2, 0.25) is 12.1 Å². The minimum Gasteiger partial charge on any atom is -0.489 e. The van der Waals surface area contributed by atoms with Crippen molar-refractivity contribution >= 4 is 17.8 Å². The Morgan fingerprint density at radius 3 is 2.03 bits per heavy atom. The van der Waals surface area contributed by atoms with Gasteiger partial charge in [0.25, 0.3) is 0 Å². The Balaban J connectivity index is 1.54. The fourth-order valence-corrected chi connectivity index (χ4v) is 3.79. The van der Waals surface area contributed by atoms with E-state index >= 15 is 0 Å². The van der Waals surface area contributed by atoms with Crippen molar-refractivity contribution in [3.8, 4) is 5.75 Å². The van der Waals surface area contributed by atoms with Crippen LogP contribution in [-0.4, -0.2) is 35.0 Å². The number of rotatable bonds is 9. The van der Waals surface area contributed by atoms with E-state index < -0.39 is 36.2 Å². The van der Waals surface area contributed by atoms with Crippen molar-refractivity contribution in [2.45, 2.75) is 38.4 Å². The SMILES string of the molecule is CC(=O)OC1C(N)C(=O)N1C(C(=O)OCc1ccccc1)c1ccc(OCc2ccccc2)cc1. The average molecular weight is 475 g/mol. The highest BCUT2D eigenvalue weighted by Crippen LogP contribution is 2.34. The molecule has 1 heterocycles. The second-order valence-corrected chi connectivity index (χ2v) is 8.11. The molecule has 1 aliphatic heterocycles. The number of amides is 1. The Morgan fingerprint density at radius 1 is 0.886 bits per heavy atom. The van der Waals surface area contributed by atoms with Gasteiger partial charge in [-0.25, -0.2) is 4.79 Å². The summed E-state index contributed by atoms with van der Waals surface area (Å²) in [5.41, 5.74) is 8.16. The largest absolute Gasteiger partial charge is 0.489 e. The molecule has 3 aromatic carbocycles. The van der Waals surface area contributed by atoms with Crippen LogP contribution in [0.3, 0.4) is 0 Å². The Hall–Kier alpha value is -4.17. The third-order valence-corrected chi connectivity index (χ3v) is 5.58. The van der Waals surface area contributed by atoms with Crippen molar-refractivity contribution < 1.29 is 28.6 Å². The van der Waals surface area contributed by atoms with E-state index in [4.69, 9.17) is 19.9 Å². The van der Waals surface area contributed by atoms with Crippen molar-refractivity contribution in [2.24, 2.45) is 5.73 Å². The van der Waals surface area contributed by atoms with Crippen LogP contribution in [0, 0.1) is 0 Å². The average Bonchev–Trinajstić information content (AvgIpc) is 2.89. The monoisotopic (exact) mass is 474 g/mol. The molecule has 180 valence electrons. The highest BCUT2D eigenvalue weighted by atomic mass is 16.6. The van der Waals surface area contributed by atoms with Gasteiger partial charge in [-0.1, -0.05) is 72.8 Å². The van der Waals surface area contributed by atoms with Crippen molar-refractivity contribution in [3.05, 3.63) is 102 Å². The second-order valence-electron chi connectivity index (χ2n) is 8.11. The van der Waals surface area contributed by atoms with E-state index in [1.54, 1.807) is 24.3 Å². The lowest BCUT2D eigenvalue weighted by Gasteiger charge is -2.47. The van der Waals surface area contributed by atoms with Crippen molar-refractivity contribution in [3.63, 3.8) is 0 Å². The van der Waals surface area contributed by atoms with E-state index in [1.165, 1.54) is 6.92 Å². The molecule has 1 saturated heterocycles. The minimum absolute atomic E-state index is 0.0285. The summed E-state index contributed by atoms with van der Waals surface area (Å²) in [7, 11) is 0. The molecule has 2 N–H and O–H groups in total. The minimum atomic E-state index is -1.14. The van der Waals surface area contributed by atoms with Crippen LogP contribution in [0.2, 0.25) is 0 Å². The highest BCUT2D eigenvalue weighted by Gasteiger charge is 2.53. The molecule has 8 nitrogen and oxygen atoms in total. The quantitative estimate of drug-likeness (QED) is 0.375. The lowest BCUT2D eigenvalue weighted by molar-refractivity contribution is -0.199. The molecular weight excluding hydrogens is 448 g/mol. The van der Waals surface area contributed by atoms with E-state index in [-0.39, 0.29) is 6.61 Å². The van der Waals surface area contributed by atoms with Crippen LogP contribution in [0.4, 0.5) is 0 Å². The second kappa shape index (κ2) is 10.8. The predicted molar refractivity (Wildman–Crippen MR) is 127 cm³/mol. The number of hydrogen-bond donors (Lipinski definition) is 1. The molecule has 8 heteroatoms. The summed E-state index contributed by atoms with van der Waals surface area (Å²) in [6.45, 7) is 1.63. The maximum absolute atomic E-state index is 13.2. The molecular formula is C27H26N2O6. The van der Waals surface area contributed by atoms with Gasteiger partial charge in [-0.2, -0.15) is 0 Å². The number of esters is 2. The topological polar surface area (TPSA) is 108 Å². The predicted octanol–water partition coefficient (Wildman–Crippen LogP) is 3.11. The molecule has 35 heavy (non-hydrogen) atoms. The van der Waals surface area contributed by atoms with Gasteiger partial charge >= 0.3 is 11.9 Å². The Labute approximate surface area is 203 Å². The van der Waals surface area contributed by atoms with Crippen LogP contribution in [0.25, 0.3) is 0 Å². The highest BCUT2D eigenvalue weighted by molar-refractivity contribution is 5.94. The summed E-state index contributed by atoms with van der Waals surface area (Å²) >= 11 is 0. The van der Waals surface area contributed by atoms with Crippen molar-refractivity contribution in [1.29, 1.82) is 0 Å². The number of carbonyl (C=O) groups is 3. The molecule has 0 spiro atoms. The fraction of sp³-hybridized carbons (Fsp3) is 0.222. The Morgan fingerprint density at radius 2 is 1.46 bits per heavy atom. The molecule has 4 rings (SSSR count). The molecule has 0 saturated carbocycles. The fourth-order valence-electron chi connectivity index (χ4n) is 3.79. The maximum atomic E-state index is 13.2. The van der Waals surface area contributed by atoms with Gasteiger partial charge in [-0.3, -0.25) is 14.5 Å². The summed E-state index contributed by atoms with van der Waals surface area (Å²) in [4.78, 5) is 38.6. The first kappa shape index (κ1) is 24.0. The number of nitrogens with zero attached hydrogens (tertiary/aromatic N) is 1. The molecule has 0 radical (unpaired) electrons. The van der Waals surface area contributed by atoms with Gasteiger partial charge in [0.05, 0.1) is 0 Å². The van der Waals surface area contributed by atoms with Gasteiger partial charge in [0.1, 0.15) is 25.0 Å². The summed E-state index contributed by atoms with van der Waals surface area (Å²) in [6, 6.07) is 23.5. The van der Waals surface area contributed by atoms with Crippen LogP contribution in [0.15, 0.2) is 84.9 Å². The normalized spacial score (nSPS) is 17.8. The molecule has 1 fully saturated rings. The van der Waals surface area contributed by atoms with Crippen molar-refractivity contribution in [2.75, 3.05) is 0 Å². The number of β-lactam (4-membered cyclic amide) rings is 1. The molecule has 3 aromatic rings. The van der Waals surface area contributed by atoms with E-state index in [0.29, 0.717) is 17.9 Å². The summed E-state index contributed by atoms with van der Waals surface area (Å²) in [6.07, 6.45) is -1.07. The zero-order chi connectivity index (χ0) is 24.8. The lowest BCUT2D eigenvalue weighted by atomic mass is 9.96. The van der Waals surface area contributed by atoms with Crippen LogP contribution >= 0.6 is 0 Å². The summed E-state index contributed by atoms with van der Waals surface area (Å²) in [5.74, 6) is -1.19. The number of hydrogen-bond acceptors (Lipinski definition) is 7. The number of nitrogens with two attached hydrogens (primary N) is 1. The molecule has 3 unspecified atom stereocenters. The van der Waals surface area contributed by atoms with Gasteiger partial charge < -0.3 is 19.9 Å². The summed E-state index contributed by atoms with van der Waals surface area (Å²) < 4.78 is 16.6. The number of likely N-dealkylation sites (tertiary alicyclic amines) is 1.